The summed E-state index contributed by atoms with van der Waals surface area (Å²) in [5.74, 6) is -0.602. The quantitative estimate of drug-likeness (QED) is 0.882. The highest BCUT2D eigenvalue weighted by Gasteiger charge is 2.32. The first-order valence-corrected chi connectivity index (χ1v) is 6.23. The number of hydrogen-bond donors (Lipinski definition) is 1. The molecule has 0 amide bonds. The van der Waals surface area contributed by atoms with Crippen molar-refractivity contribution in [2.75, 3.05) is 6.54 Å². The lowest BCUT2D eigenvalue weighted by molar-refractivity contribution is -0.137. The SMILES string of the molecule is CCNC(C)c1nnnn1-c1cc(C(F)(F)F)ccc1F. The van der Waals surface area contributed by atoms with Gasteiger partial charge >= 0.3 is 6.18 Å². The maximum Gasteiger partial charge on any atom is 0.416 e. The third kappa shape index (κ3) is 3.18. The molecule has 2 rings (SSSR count). The fraction of sp³-hybridized carbons (Fsp3) is 0.417. The van der Waals surface area contributed by atoms with Gasteiger partial charge in [0.1, 0.15) is 11.5 Å². The van der Waals surface area contributed by atoms with Crippen molar-refractivity contribution in [1.29, 1.82) is 0 Å². The molecule has 0 fully saturated rings. The summed E-state index contributed by atoms with van der Waals surface area (Å²) in [6.45, 7) is 4.20. The predicted octanol–water partition coefficient (Wildman–Crippen LogP) is 2.49. The monoisotopic (exact) mass is 303 g/mol. The first kappa shape index (κ1) is 15.4. The second-order valence-electron chi connectivity index (χ2n) is 4.39. The van der Waals surface area contributed by atoms with Gasteiger partial charge in [-0.15, -0.1) is 5.10 Å². The fourth-order valence-corrected chi connectivity index (χ4v) is 1.88. The van der Waals surface area contributed by atoms with Crippen LogP contribution in [-0.2, 0) is 6.18 Å². The van der Waals surface area contributed by atoms with Gasteiger partial charge in [-0.1, -0.05) is 6.92 Å². The van der Waals surface area contributed by atoms with Crippen LogP contribution >= 0.6 is 0 Å². The first-order chi connectivity index (χ1) is 9.84. The van der Waals surface area contributed by atoms with Gasteiger partial charge in [0.05, 0.1) is 11.6 Å². The summed E-state index contributed by atoms with van der Waals surface area (Å²) in [5.41, 5.74) is -1.30. The Kier molecular flexibility index (Phi) is 4.21. The molecule has 0 aliphatic rings. The number of alkyl halides is 3. The fourth-order valence-electron chi connectivity index (χ4n) is 1.88. The molecule has 21 heavy (non-hydrogen) atoms. The Hall–Kier alpha value is -2.03. The zero-order chi connectivity index (χ0) is 15.6. The van der Waals surface area contributed by atoms with E-state index in [0.29, 0.717) is 18.7 Å². The highest BCUT2D eigenvalue weighted by Crippen LogP contribution is 2.31. The van der Waals surface area contributed by atoms with Crippen LogP contribution < -0.4 is 5.32 Å². The number of hydrogen-bond acceptors (Lipinski definition) is 4. The summed E-state index contributed by atoms with van der Waals surface area (Å²) in [7, 11) is 0. The molecule has 0 saturated carbocycles. The van der Waals surface area contributed by atoms with E-state index in [4.69, 9.17) is 0 Å². The molecule has 1 unspecified atom stereocenters. The van der Waals surface area contributed by atoms with Crippen molar-refractivity contribution in [2.45, 2.75) is 26.1 Å². The molecule has 1 heterocycles. The van der Waals surface area contributed by atoms with Crippen LogP contribution in [0, 0.1) is 5.82 Å². The smallest absolute Gasteiger partial charge is 0.308 e. The van der Waals surface area contributed by atoms with Gasteiger partial charge in [-0.2, -0.15) is 17.9 Å². The Balaban J connectivity index is 2.50. The summed E-state index contributed by atoms with van der Waals surface area (Å²) in [4.78, 5) is 0. The van der Waals surface area contributed by atoms with Crippen LogP contribution in [0.3, 0.4) is 0 Å². The summed E-state index contributed by atoms with van der Waals surface area (Å²) < 4.78 is 53.0. The number of rotatable bonds is 4. The summed E-state index contributed by atoms with van der Waals surface area (Å²) in [5, 5.41) is 13.7. The van der Waals surface area contributed by atoms with Gasteiger partial charge in [-0.3, -0.25) is 0 Å². The molecule has 5 nitrogen and oxygen atoms in total. The summed E-state index contributed by atoms with van der Waals surface area (Å²) in [6, 6.07) is 1.78. The van der Waals surface area contributed by atoms with Crippen LogP contribution in [0.5, 0.6) is 0 Å². The number of benzene rings is 1. The van der Waals surface area contributed by atoms with Crippen LogP contribution in [-0.4, -0.2) is 26.8 Å². The Morgan fingerprint density at radius 2 is 2.05 bits per heavy atom. The Morgan fingerprint density at radius 3 is 2.67 bits per heavy atom. The van der Waals surface area contributed by atoms with Crippen LogP contribution in [0.25, 0.3) is 5.69 Å². The lowest BCUT2D eigenvalue weighted by atomic mass is 10.2. The average Bonchev–Trinajstić information content (AvgIpc) is 2.87. The minimum Gasteiger partial charge on any atom is -0.308 e. The minimum atomic E-state index is -4.57. The van der Waals surface area contributed by atoms with Gasteiger partial charge in [0.25, 0.3) is 0 Å². The molecule has 2 aromatic rings. The standard InChI is InChI=1S/C12H13F4N5/c1-3-17-7(2)11-18-19-20-21(11)10-6-8(12(14,15)16)4-5-9(10)13/h4-7,17H,3H2,1-2H3. The van der Waals surface area contributed by atoms with Crippen molar-refractivity contribution in [3.8, 4) is 5.69 Å². The molecule has 0 bridgehead atoms. The lowest BCUT2D eigenvalue weighted by Crippen LogP contribution is -2.22. The van der Waals surface area contributed by atoms with E-state index in [1.165, 1.54) is 0 Å². The molecule has 0 aliphatic heterocycles. The van der Waals surface area contributed by atoms with Crippen molar-refractivity contribution in [3.63, 3.8) is 0 Å². The van der Waals surface area contributed by atoms with Crippen molar-refractivity contribution in [3.05, 3.63) is 35.4 Å². The minimum absolute atomic E-state index is 0.232. The molecule has 0 saturated heterocycles. The van der Waals surface area contributed by atoms with Crippen molar-refractivity contribution >= 4 is 0 Å². The molecule has 0 radical (unpaired) electrons. The second-order valence-corrected chi connectivity index (χ2v) is 4.39. The number of nitrogens with one attached hydrogen (secondary N) is 1. The summed E-state index contributed by atoms with van der Waals surface area (Å²) in [6.07, 6.45) is -4.57. The van der Waals surface area contributed by atoms with E-state index in [2.05, 4.69) is 20.8 Å². The molecule has 0 aliphatic carbocycles. The summed E-state index contributed by atoms with van der Waals surface area (Å²) >= 11 is 0. The number of tetrazole rings is 1. The van der Waals surface area contributed by atoms with Crippen molar-refractivity contribution < 1.29 is 17.6 Å². The third-order valence-corrected chi connectivity index (χ3v) is 2.89. The third-order valence-electron chi connectivity index (χ3n) is 2.89. The van der Waals surface area contributed by atoms with E-state index in [9.17, 15) is 17.6 Å². The molecule has 9 heteroatoms. The lowest BCUT2D eigenvalue weighted by Gasteiger charge is -2.14. The highest BCUT2D eigenvalue weighted by molar-refractivity contribution is 5.38. The molecule has 114 valence electrons. The van der Waals surface area contributed by atoms with E-state index in [-0.39, 0.29) is 17.6 Å². The Labute approximate surface area is 118 Å². The maximum atomic E-state index is 13.8. The van der Waals surface area contributed by atoms with Gasteiger partial charge in [0, 0.05) is 0 Å². The van der Waals surface area contributed by atoms with E-state index >= 15 is 0 Å². The van der Waals surface area contributed by atoms with Crippen LogP contribution in [0.1, 0.15) is 31.3 Å². The topological polar surface area (TPSA) is 55.6 Å². The van der Waals surface area contributed by atoms with Crippen molar-refractivity contribution in [2.24, 2.45) is 0 Å². The van der Waals surface area contributed by atoms with Crippen molar-refractivity contribution in [1.82, 2.24) is 25.5 Å². The molecular weight excluding hydrogens is 290 g/mol. The molecule has 1 N–H and O–H groups in total. The van der Waals surface area contributed by atoms with E-state index in [1.54, 1.807) is 6.92 Å². The van der Waals surface area contributed by atoms with Crippen LogP contribution in [0.2, 0.25) is 0 Å². The molecule has 1 aromatic heterocycles. The largest absolute Gasteiger partial charge is 0.416 e. The second kappa shape index (κ2) is 5.76. The van der Waals surface area contributed by atoms with Crippen LogP contribution in [0.15, 0.2) is 18.2 Å². The predicted molar refractivity (Wildman–Crippen MR) is 66.2 cm³/mol. The van der Waals surface area contributed by atoms with E-state index < -0.39 is 17.6 Å². The Bertz CT molecular complexity index is 622. The highest BCUT2D eigenvalue weighted by atomic mass is 19.4. The normalized spacial score (nSPS) is 13.4. The molecule has 1 atom stereocenters. The molecule has 0 spiro atoms. The van der Waals surface area contributed by atoms with Gasteiger partial charge in [-0.05, 0) is 42.1 Å². The number of aromatic nitrogens is 4. The van der Waals surface area contributed by atoms with Gasteiger partial charge in [0.2, 0.25) is 0 Å². The molecule has 1 aromatic carbocycles. The zero-order valence-electron chi connectivity index (χ0n) is 11.3. The van der Waals surface area contributed by atoms with Crippen LogP contribution in [0.4, 0.5) is 17.6 Å². The molecular formula is C12H13F4N5. The van der Waals surface area contributed by atoms with E-state index in [1.807, 2.05) is 6.92 Å². The zero-order valence-corrected chi connectivity index (χ0v) is 11.3. The van der Waals surface area contributed by atoms with E-state index in [0.717, 1.165) is 10.7 Å². The number of nitrogens with zero attached hydrogens (tertiary/aromatic N) is 4. The van der Waals surface area contributed by atoms with Gasteiger partial charge < -0.3 is 5.32 Å². The average molecular weight is 303 g/mol. The maximum absolute atomic E-state index is 13.8. The number of halogens is 4. The first-order valence-electron chi connectivity index (χ1n) is 6.23. The van der Waals surface area contributed by atoms with Gasteiger partial charge in [0.15, 0.2) is 5.82 Å². The van der Waals surface area contributed by atoms with Gasteiger partial charge in [-0.25, -0.2) is 4.39 Å². The Morgan fingerprint density at radius 1 is 1.33 bits per heavy atom.